The minimum absolute atomic E-state index is 0.123. The molecule has 1 atom stereocenters. The Bertz CT molecular complexity index is 326. The molecule has 0 amide bonds. The Morgan fingerprint density at radius 1 is 1.24 bits per heavy atom. The van der Waals surface area contributed by atoms with Gasteiger partial charge in [-0.1, -0.05) is 6.92 Å². The summed E-state index contributed by atoms with van der Waals surface area (Å²) in [5.41, 5.74) is 2.35. The number of rotatable bonds is 7. The number of anilines is 2. The lowest BCUT2D eigenvalue weighted by Crippen LogP contribution is -2.25. The van der Waals surface area contributed by atoms with E-state index in [1.807, 2.05) is 6.92 Å². The van der Waals surface area contributed by atoms with Crippen LogP contribution in [0.2, 0.25) is 0 Å². The number of hydrogen-bond acceptors (Lipinski definition) is 8. The Kier molecular flexibility index (Phi) is 5.37. The standard InChI is InChI=1S/C9H18N6O2/c1-4-6(5-16-2)11-7-12-8(15-10)14-9(13-7)17-3/h6H,4-5,10H2,1-3H3,(H2,11,12,13,14,15). The van der Waals surface area contributed by atoms with Crippen molar-refractivity contribution in [3.05, 3.63) is 0 Å². The second kappa shape index (κ2) is 6.81. The van der Waals surface area contributed by atoms with Gasteiger partial charge in [-0.3, -0.25) is 5.43 Å². The van der Waals surface area contributed by atoms with Crippen LogP contribution in [0.1, 0.15) is 13.3 Å². The van der Waals surface area contributed by atoms with Crippen molar-refractivity contribution < 1.29 is 9.47 Å². The van der Waals surface area contributed by atoms with Crippen LogP contribution in [-0.4, -0.2) is 41.8 Å². The normalized spacial score (nSPS) is 12.0. The van der Waals surface area contributed by atoms with Crippen LogP contribution in [0, 0.1) is 0 Å². The fraction of sp³-hybridized carbons (Fsp3) is 0.667. The largest absolute Gasteiger partial charge is 0.467 e. The van der Waals surface area contributed by atoms with Crippen molar-refractivity contribution in [1.82, 2.24) is 15.0 Å². The summed E-state index contributed by atoms with van der Waals surface area (Å²) in [6.45, 7) is 2.60. The molecule has 0 spiro atoms. The van der Waals surface area contributed by atoms with Crippen LogP contribution >= 0.6 is 0 Å². The molecule has 8 nitrogen and oxygen atoms in total. The summed E-state index contributed by atoms with van der Waals surface area (Å²) in [6.07, 6.45) is 0.882. The lowest BCUT2D eigenvalue weighted by atomic mass is 10.2. The molecular weight excluding hydrogens is 224 g/mol. The van der Waals surface area contributed by atoms with Crippen LogP contribution < -0.4 is 21.3 Å². The van der Waals surface area contributed by atoms with Gasteiger partial charge in [0.25, 0.3) is 0 Å². The maximum Gasteiger partial charge on any atom is 0.322 e. The Hall–Kier alpha value is -1.67. The van der Waals surface area contributed by atoms with Gasteiger partial charge in [0.1, 0.15) is 0 Å². The highest BCUT2D eigenvalue weighted by atomic mass is 16.5. The first-order chi connectivity index (χ1) is 8.23. The van der Waals surface area contributed by atoms with Crippen LogP contribution in [0.5, 0.6) is 6.01 Å². The number of hydrazine groups is 1. The van der Waals surface area contributed by atoms with E-state index in [1.54, 1.807) is 7.11 Å². The highest BCUT2D eigenvalue weighted by Gasteiger charge is 2.10. The quantitative estimate of drug-likeness (QED) is 0.453. The van der Waals surface area contributed by atoms with E-state index in [0.717, 1.165) is 6.42 Å². The third kappa shape index (κ3) is 4.00. The Morgan fingerprint density at radius 2 is 1.94 bits per heavy atom. The molecule has 0 saturated heterocycles. The van der Waals surface area contributed by atoms with Crippen molar-refractivity contribution in [1.29, 1.82) is 0 Å². The van der Waals surface area contributed by atoms with Gasteiger partial charge in [0, 0.05) is 7.11 Å². The van der Waals surface area contributed by atoms with Crippen molar-refractivity contribution >= 4 is 11.9 Å². The molecule has 0 aliphatic carbocycles. The molecule has 8 heteroatoms. The van der Waals surface area contributed by atoms with Gasteiger partial charge in [0.05, 0.1) is 19.8 Å². The highest BCUT2D eigenvalue weighted by molar-refractivity contribution is 5.35. The molecule has 0 aliphatic heterocycles. The molecule has 1 heterocycles. The summed E-state index contributed by atoms with van der Waals surface area (Å²) in [5.74, 6) is 5.89. The number of methoxy groups -OCH3 is 2. The summed E-state index contributed by atoms with van der Waals surface area (Å²) in [5, 5.41) is 3.12. The van der Waals surface area contributed by atoms with Gasteiger partial charge >= 0.3 is 6.01 Å². The second-order valence-corrected chi connectivity index (χ2v) is 3.32. The minimum atomic E-state index is 0.123. The van der Waals surface area contributed by atoms with Crippen LogP contribution in [0.25, 0.3) is 0 Å². The van der Waals surface area contributed by atoms with E-state index in [2.05, 4.69) is 25.7 Å². The molecule has 1 aromatic heterocycles. The molecule has 0 aromatic carbocycles. The van der Waals surface area contributed by atoms with Crippen molar-refractivity contribution in [2.45, 2.75) is 19.4 Å². The van der Waals surface area contributed by atoms with Gasteiger partial charge < -0.3 is 14.8 Å². The van der Waals surface area contributed by atoms with Gasteiger partial charge in [-0.05, 0) is 6.42 Å². The average molecular weight is 242 g/mol. The molecule has 0 bridgehead atoms. The molecule has 0 aliphatic rings. The number of nitrogens with two attached hydrogens (primary N) is 1. The first-order valence-corrected chi connectivity index (χ1v) is 5.25. The number of aromatic nitrogens is 3. The second-order valence-electron chi connectivity index (χ2n) is 3.32. The molecule has 0 saturated carbocycles. The van der Waals surface area contributed by atoms with E-state index in [-0.39, 0.29) is 18.0 Å². The summed E-state index contributed by atoms with van der Waals surface area (Å²) < 4.78 is 10.0. The van der Waals surface area contributed by atoms with Gasteiger partial charge in [-0.25, -0.2) is 5.84 Å². The molecule has 17 heavy (non-hydrogen) atoms. The molecule has 1 rings (SSSR count). The van der Waals surface area contributed by atoms with E-state index in [9.17, 15) is 0 Å². The summed E-state index contributed by atoms with van der Waals surface area (Å²) >= 11 is 0. The highest BCUT2D eigenvalue weighted by Crippen LogP contribution is 2.11. The van der Waals surface area contributed by atoms with Crippen LogP contribution in [0.4, 0.5) is 11.9 Å². The lowest BCUT2D eigenvalue weighted by Gasteiger charge is -2.16. The Labute approximate surface area is 99.9 Å². The van der Waals surface area contributed by atoms with Crippen molar-refractivity contribution in [2.75, 3.05) is 31.6 Å². The SMILES string of the molecule is CCC(COC)Nc1nc(NN)nc(OC)n1. The van der Waals surface area contributed by atoms with Gasteiger partial charge in [-0.15, -0.1) is 0 Å². The van der Waals surface area contributed by atoms with Gasteiger partial charge in [0.2, 0.25) is 11.9 Å². The summed E-state index contributed by atoms with van der Waals surface area (Å²) in [4.78, 5) is 12.0. The Balaban J connectivity index is 2.81. The number of ether oxygens (including phenoxy) is 2. The number of hydrogen-bond donors (Lipinski definition) is 3. The van der Waals surface area contributed by atoms with Crippen molar-refractivity contribution in [3.63, 3.8) is 0 Å². The van der Waals surface area contributed by atoms with Crippen LogP contribution in [0.3, 0.4) is 0 Å². The zero-order valence-corrected chi connectivity index (χ0v) is 10.2. The van der Waals surface area contributed by atoms with E-state index in [4.69, 9.17) is 15.3 Å². The van der Waals surface area contributed by atoms with E-state index in [0.29, 0.717) is 12.6 Å². The summed E-state index contributed by atoms with van der Waals surface area (Å²) in [7, 11) is 3.12. The molecule has 1 unspecified atom stereocenters. The molecule has 1 aromatic rings. The molecule has 0 radical (unpaired) electrons. The number of nitrogens with zero attached hydrogens (tertiary/aromatic N) is 3. The maximum atomic E-state index is 5.25. The van der Waals surface area contributed by atoms with Crippen LogP contribution in [0.15, 0.2) is 0 Å². The number of nitrogens with one attached hydrogen (secondary N) is 2. The third-order valence-electron chi connectivity index (χ3n) is 2.12. The fourth-order valence-electron chi connectivity index (χ4n) is 1.22. The molecule has 0 fully saturated rings. The third-order valence-corrected chi connectivity index (χ3v) is 2.12. The fourth-order valence-corrected chi connectivity index (χ4v) is 1.22. The van der Waals surface area contributed by atoms with Crippen LogP contribution in [-0.2, 0) is 4.74 Å². The predicted octanol–water partition coefficient (Wildman–Crippen LogP) is 0.00270. The first-order valence-electron chi connectivity index (χ1n) is 5.25. The maximum absolute atomic E-state index is 5.25. The lowest BCUT2D eigenvalue weighted by molar-refractivity contribution is 0.184. The number of nitrogen functional groups attached to an aromatic ring is 1. The Morgan fingerprint density at radius 3 is 2.47 bits per heavy atom. The predicted molar refractivity (Wildman–Crippen MR) is 63.8 cm³/mol. The molecule has 4 N–H and O–H groups in total. The van der Waals surface area contributed by atoms with Gasteiger partial charge in [0.15, 0.2) is 0 Å². The zero-order chi connectivity index (χ0) is 12.7. The molecular formula is C9H18N6O2. The summed E-state index contributed by atoms with van der Waals surface area (Å²) in [6, 6.07) is 0.320. The molecule has 96 valence electrons. The topological polar surface area (TPSA) is 107 Å². The monoisotopic (exact) mass is 242 g/mol. The van der Waals surface area contributed by atoms with E-state index < -0.39 is 0 Å². The van der Waals surface area contributed by atoms with E-state index >= 15 is 0 Å². The van der Waals surface area contributed by atoms with Crippen molar-refractivity contribution in [2.24, 2.45) is 5.84 Å². The first kappa shape index (κ1) is 13.4. The van der Waals surface area contributed by atoms with Crippen molar-refractivity contribution in [3.8, 4) is 6.01 Å². The smallest absolute Gasteiger partial charge is 0.322 e. The zero-order valence-electron chi connectivity index (χ0n) is 10.2. The minimum Gasteiger partial charge on any atom is -0.467 e. The van der Waals surface area contributed by atoms with E-state index in [1.165, 1.54) is 7.11 Å². The van der Waals surface area contributed by atoms with Gasteiger partial charge in [-0.2, -0.15) is 15.0 Å². The average Bonchev–Trinajstić information content (AvgIpc) is 2.37.